The Morgan fingerprint density at radius 3 is 2.71 bits per heavy atom. The first kappa shape index (κ1) is 24.2. The van der Waals surface area contributed by atoms with Gasteiger partial charge in [-0.05, 0) is 65.3 Å². The molecule has 1 aliphatic heterocycles. The second-order valence-electron chi connectivity index (χ2n) is 6.87. The second kappa shape index (κ2) is 10.4. The highest BCUT2D eigenvalue weighted by Crippen LogP contribution is 2.37. The Morgan fingerprint density at radius 2 is 2.00 bits per heavy atom. The summed E-state index contributed by atoms with van der Waals surface area (Å²) in [5, 5.41) is 18.2. The highest BCUT2D eigenvalue weighted by molar-refractivity contribution is 9.10. The molecule has 3 rings (SSSR count). The molecule has 1 unspecified atom stereocenters. The molecule has 1 fully saturated rings. The van der Waals surface area contributed by atoms with Crippen molar-refractivity contribution in [2.75, 3.05) is 30.9 Å². The Bertz CT molecular complexity index is 1070. The average molecular weight is 550 g/mol. The fourth-order valence-corrected chi connectivity index (χ4v) is 5.65. The molecule has 0 aromatic heterocycles. The monoisotopic (exact) mass is 548 g/mol. The number of hydrogen-bond acceptors (Lipinski definition) is 6. The van der Waals surface area contributed by atoms with Crippen molar-refractivity contribution in [3.63, 3.8) is 0 Å². The summed E-state index contributed by atoms with van der Waals surface area (Å²) in [5.74, 6) is -0.529. The number of methoxy groups -OCH3 is 1. The predicted molar refractivity (Wildman–Crippen MR) is 129 cm³/mol. The molecule has 0 amide bonds. The molecule has 1 heterocycles. The standard InChI is InChI=1S/C19H22BrClN4O4S2/c1-29-11-12-5-4-10-25(12)24-31(27,28)18-14(21)8-9-16(17(18)26)23-19(30)22-15-7-3-2-6-13(15)20/h2-3,6-9,12,24,26H,4-5,10-11H2,1H3,(H2,22,23,30). The van der Waals surface area contributed by atoms with Crippen molar-refractivity contribution >= 4 is 66.3 Å². The Balaban J connectivity index is 1.81. The van der Waals surface area contributed by atoms with Crippen LogP contribution in [0.15, 0.2) is 45.8 Å². The molecule has 0 aliphatic carbocycles. The number of para-hydroxylation sites is 1. The second-order valence-corrected chi connectivity index (χ2v) is 10.1. The number of nitrogens with zero attached hydrogens (tertiary/aromatic N) is 1. The molecule has 0 bridgehead atoms. The van der Waals surface area contributed by atoms with Gasteiger partial charge >= 0.3 is 0 Å². The largest absolute Gasteiger partial charge is 0.504 e. The third-order valence-electron chi connectivity index (χ3n) is 4.70. The van der Waals surface area contributed by atoms with Gasteiger partial charge in [0.15, 0.2) is 10.9 Å². The van der Waals surface area contributed by atoms with E-state index in [2.05, 4.69) is 31.4 Å². The highest BCUT2D eigenvalue weighted by atomic mass is 79.9. The smallest absolute Gasteiger partial charge is 0.258 e. The molecule has 168 valence electrons. The van der Waals surface area contributed by atoms with Gasteiger partial charge < -0.3 is 20.5 Å². The zero-order valence-corrected chi connectivity index (χ0v) is 20.5. The van der Waals surface area contributed by atoms with E-state index in [0.29, 0.717) is 18.8 Å². The molecule has 0 radical (unpaired) electrons. The van der Waals surface area contributed by atoms with Crippen LogP contribution in [-0.2, 0) is 14.8 Å². The van der Waals surface area contributed by atoms with Crippen LogP contribution in [0, 0.1) is 0 Å². The van der Waals surface area contributed by atoms with Crippen molar-refractivity contribution in [2.45, 2.75) is 23.8 Å². The van der Waals surface area contributed by atoms with Crippen molar-refractivity contribution < 1.29 is 18.3 Å². The number of anilines is 2. The maximum Gasteiger partial charge on any atom is 0.258 e. The van der Waals surface area contributed by atoms with E-state index in [1.54, 1.807) is 12.1 Å². The van der Waals surface area contributed by atoms with Crippen molar-refractivity contribution in [2.24, 2.45) is 0 Å². The first-order valence-corrected chi connectivity index (χ1v) is 12.4. The summed E-state index contributed by atoms with van der Waals surface area (Å²) in [6.45, 7) is 0.919. The maximum atomic E-state index is 13.0. The van der Waals surface area contributed by atoms with Crippen LogP contribution in [0.4, 0.5) is 11.4 Å². The summed E-state index contributed by atoms with van der Waals surface area (Å²) < 4.78 is 32.0. The summed E-state index contributed by atoms with van der Waals surface area (Å²) in [4.78, 5) is 2.09. The number of nitrogens with one attached hydrogen (secondary N) is 3. The molecule has 1 aliphatic rings. The van der Waals surface area contributed by atoms with Gasteiger partial charge in [-0.1, -0.05) is 23.7 Å². The number of rotatable bonds is 7. The molecule has 2 aromatic carbocycles. The lowest BCUT2D eigenvalue weighted by molar-refractivity contribution is 0.104. The minimum Gasteiger partial charge on any atom is -0.504 e. The Hall–Kier alpha value is -1.47. The average Bonchev–Trinajstić information content (AvgIpc) is 3.12. The van der Waals surface area contributed by atoms with Crippen LogP contribution >= 0.6 is 39.7 Å². The lowest BCUT2D eigenvalue weighted by Crippen LogP contribution is -2.46. The van der Waals surface area contributed by atoms with Crippen LogP contribution in [-0.4, -0.2) is 49.9 Å². The van der Waals surface area contributed by atoms with Crippen molar-refractivity contribution in [1.29, 1.82) is 0 Å². The number of sulfonamides is 1. The number of phenols is 1. The van der Waals surface area contributed by atoms with Gasteiger partial charge in [-0.3, -0.25) is 0 Å². The summed E-state index contributed by atoms with van der Waals surface area (Å²) >= 11 is 14.9. The van der Waals surface area contributed by atoms with Gasteiger partial charge in [0.25, 0.3) is 10.0 Å². The van der Waals surface area contributed by atoms with E-state index in [4.69, 9.17) is 28.6 Å². The van der Waals surface area contributed by atoms with Gasteiger partial charge in [0.05, 0.1) is 23.0 Å². The number of benzene rings is 2. The van der Waals surface area contributed by atoms with E-state index in [1.165, 1.54) is 12.1 Å². The minimum atomic E-state index is -4.15. The van der Waals surface area contributed by atoms with Crippen LogP contribution in [0.3, 0.4) is 0 Å². The molecule has 12 heteroatoms. The van der Waals surface area contributed by atoms with Crippen LogP contribution in [0.25, 0.3) is 0 Å². The quantitative estimate of drug-likeness (QED) is 0.304. The molecular weight excluding hydrogens is 528 g/mol. The summed E-state index contributed by atoms with van der Waals surface area (Å²) in [6, 6.07) is 10.1. The van der Waals surface area contributed by atoms with Gasteiger partial charge in [0, 0.05) is 24.2 Å². The third kappa shape index (κ3) is 5.86. The molecular formula is C19H22BrClN4O4S2. The minimum absolute atomic E-state index is 0.0944. The topological polar surface area (TPSA) is 103 Å². The van der Waals surface area contributed by atoms with Gasteiger partial charge in [0.1, 0.15) is 4.90 Å². The zero-order valence-electron chi connectivity index (χ0n) is 16.6. The molecule has 1 saturated heterocycles. The van der Waals surface area contributed by atoms with Gasteiger partial charge in [-0.25, -0.2) is 13.4 Å². The predicted octanol–water partition coefficient (Wildman–Crippen LogP) is 3.92. The number of thiocarbonyl (C=S) groups is 1. The first-order valence-electron chi connectivity index (χ1n) is 9.35. The van der Waals surface area contributed by atoms with E-state index < -0.39 is 20.7 Å². The number of phenolic OH excluding ortho intramolecular Hbond substituents is 1. The molecule has 0 saturated carbocycles. The van der Waals surface area contributed by atoms with Crippen LogP contribution in [0.2, 0.25) is 5.02 Å². The summed E-state index contributed by atoms with van der Waals surface area (Å²) in [5.41, 5.74) is 0.811. The van der Waals surface area contributed by atoms with Crippen molar-refractivity contribution in [3.8, 4) is 5.75 Å². The highest BCUT2D eigenvalue weighted by Gasteiger charge is 2.32. The van der Waals surface area contributed by atoms with Gasteiger partial charge in [-0.2, -0.15) is 0 Å². The first-order chi connectivity index (χ1) is 14.7. The van der Waals surface area contributed by atoms with Gasteiger partial charge in [0.2, 0.25) is 0 Å². The molecule has 1 atom stereocenters. The third-order valence-corrected chi connectivity index (χ3v) is 7.44. The summed E-state index contributed by atoms with van der Waals surface area (Å²) in [7, 11) is -2.59. The zero-order chi connectivity index (χ0) is 22.6. The molecule has 4 N–H and O–H groups in total. The fraction of sp³-hybridized carbons (Fsp3) is 0.316. The molecule has 2 aromatic rings. The van der Waals surface area contributed by atoms with Crippen LogP contribution in [0.5, 0.6) is 5.75 Å². The van der Waals surface area contributed by atoms with Crippen LogP contribution in [0.1, 0.15) is 12.8 Å². The normalized spacial score (nSPS) is 16.9. The maximum absolute atomic E-state index is 13.0. The lowest BCUT2D eigenvalue weighted by atomic mass is 10.2. The summed E-state index contributed by atoms with van der Waals surface area (Å²) in [6.07, 6.45) is 1.62. The SMILES string of the molecule is COCC1CCCN1NS(=O)(=O)c1c(Cl)ccc(NC(=S)Nc2ccccc2Br)c1O. The lowest BCUT2D eigenvalue weighted by Gasteiger charge is -2.25. The van der Waals surface area contributed by atoms with E-state index in [0.717, 1.165) is 17.3 Å². The number of hydrogen-bond donors (Lipinski definition) is 4. The number of aromatic hydroxyl groups is 1. The Kier molecular flexibility index (Phi) is 8.14. The van der Waals surface area contributed by atoms with E-state index in [1.807, 2.05) is 24.3 Å². The van der Waals surface area contributed by atoms with E-state index >= 15 is 0 Å². The van der Waals surface area contributed by atoms with E-state index in [9.17, 15) is 13.5 Å². The van der Waals surface area contributed by atoms with Crippen molar-refractivity contribution in [1.82, 2.24) is 9.84 Å². The van der Waals surface area contributed by atoms with Gasteiger partial charge in [-0.15, -0.1) is 4.83 Å². The number of halogens is 2. The van der Waals surface area contributed by atoms with E-state index in [-0.39, 0.29) is 21.9 Å². The number of ether oxygens (including phenoxy) is 1. The molecule has 0 spiro atoms. The van der Waals surface area contributed by atoms with Crippen LogP contribution < -0.4 is 15.5 Å². The molecule has 31 heavy (non-hydrogen) atoms. The molecule has 8 nitrogen and oxygen atoms in total. The Morgan fingerprint density at radius 1 is 1.29 bits per heavy atom. The number of hydrazine groups is 1. The Labute approximate surface area is 200 Å². The fourth-order valence-electron chi connectivity index (χ4n) is 3.26. The van der Waals surface area contributed by atoms with Crippen molar-refractivity contribution in [3.05, 3.63) is 45.9 Å².